The van der Waals surface area contributed by atoms with Crippen molar-refractivity contribution in [1.29, 1.82) is 0 Å². The van der Waals surface area contributed by atoms with Crippen molar-refractivity contribution in [3.05, 3.63) is 42.0 Å². The van der Waals surface area contributed by atoms with Gasteiger partial charge in [0.25, 0.3) is 0 Å². The predicted octanol–water partition coefficient (Wildman–Crippen LogP) is 2.89. The Morgan fingerprint density at radius 1 is 1.15 bits per heavy atom. The van der Waals surface area contributed by atoms with Crippen LogP contribution in [0.2, 0.25) is 0 Å². The van der Waals surface area contributed by atoms with Crippen LogP contribution in [0.1, 0.15) is 12.0 Å². The third-order valence-corrected chi connectivity index (χ3v) is 3.61. The second-order valence-corrected chi connectivity index (χ2v) is 5.16. The molecule has 2 aromatic carbocycles. The second kappa shape index (κ2) is 7.27. The normalized spacial score (nSPS) is 11.2. The molecule has 0 heterocycles. The van der Waals surface area contributed by atoms with Crippen molar-refractivity contribution in [2.75, 3.05) is 34.3 Å². The van der Waals surface area contributed by atoms with E-state index >= 15 is 0 Å². The molecule has 3 heteroatoms. The molecule has 1 N–H and O–H groups in total. The number of hydrogen-bond donors (Lipinski definition) is 1. The Hall–Kier alpha value is -1.58. The van der Waals surface area contributed by atoms with Crippen LogP contribution in [0.25, 0.3) is 10.8 Å². The number of nitrogens with zero attached hydrogens (tertiary/aromatic N) is 1. The number of nitrogens with one attached hydrogen (secondary N) is 1. The average molecular weight is 272 g/mol. The second-order valence-electron chi connectivity index (χ2n) is 5.16. The molecule has 0 atom stereocenters. The van der Waals surface area contributed by atoms with Gasteiger partial charge in [0.1, 0.15) is 5.75 Å². The Morgan fingerprint density at radius 2 is 1.95 bits per heavy atom. The summed E-state index contributed by atoms with van der Waals surface area (Å²) in [5.74, 6) is 0.976. The molecule has 2 rings (SSSR count). The lowest BCUT2D eigenvalue weighted by atomic mass is 10.0. The largest absolute Gasteiger partial charge is 0.496 e. The highest BCUT2D eigenvalue weighted by molar-refractivity contribution is 5.87. The van der Waals surface area contributed by atoms with Gasteiger partial charge in [-0.25, -0.2) is 0 Å². The van der Waals surface area contributed by atoms with E-state index in [4.69, 9.17) is 4.74 Å². The van der Waals surface area contributed by atoms with Crippen LogP contribution in [0.3, 0.4) is 0 Å². The number of hydrogen-bond acceptors (Lipinski definition) is 3. The lowest BCUT2D eigenvalue weighted by molar-refractivity contribution is 0.314. The third kappa shape index (κ3) is 3.50. The zero-order chi connectivity index (χ0) is 14.4. The molecule has 0 bridgehead atoms. The molecule has 0 spiro atoms. The van der Waals surface area contributed by atoms with E-state index in [0.29, 0.717) is 0 Å². The third-order valence-electron chi connectivity index (χ3n) is 3.61. The van der Waals surface area contributed by atoms with Crippen LogP contribution in [0, 0.1) is 0 Å². The molecule has 0 fully saturated rings. The van der Waals surface area contributed by atoms with Crippen LogP contribution >= 0.6 is 0 Å². The molecular weight excluding hydrogens is 248 g/mol. The fraction of sp³-hybridized carbons (Fsp3) is 0.412. The lowest BCUT2D eigenvalue weighted by Gasteiger charge is -2.20. The average Bonchev–Trinajstić information content (AvgIpc) is 2.48. The summed E-state index contributed by atoms with van der Waals surface area (Å²) in [6.45, 7) is 3.04. The highest BCUT2D eigenvalue weighted by Crippen LogP contribution is 2.28. The van der Waals surface area contributed by atoms with E-state index in [0.717, 1.165) is 31.8 Å². The molecule has 0 amide bonds. The molecule has 20 heavy (non-hydrogen) atoms. The molecule has 0 aliphatic heterocycles. The van der Waals surface area contributed by atoms with Crippen molar-refractivity contribution in [2.24, 2.45) is 0 Å². The smallest absolute Gasteiger partial charge is 0.123 e. The minimum absolute atomic E-state index is 0.911. The van der Waals surface area contributed by atoms with E-state index in [2.05, 4.69) is 53.7 Å². The van der Waals surface area contributed by atoms with Crippen molar-refractivity contribution in [1.82, 2.24) is 10.2 Å². The van der Waals surface area contributed by atoms with E-state index < -0.39 is 0 Å². The van der Waals surface area contributed by atoms with Gasteiger partial charge in [-0.1, -0.05) is 30.3 Å². The molecule has 108 valence electrons. The quantitative estimate of drug-likeness (QED) is 0.784. The standard InChI is InChI=1S/C17H24N2O/c1-18-11-6-12-19(2)13-16-15-8-5-4-7-14(15)9-10-17(16)20-3/h4-5,7-10,18H,6,11-13H2,1-3H3. The summed E-state index contributed by atoms with van der Waals surface area (Å²) in [4.78, 5) is 2.35. The van der Waals surface area contributed by atoms with Gasteiger partial charge in [0.15, 0.2) is 0 Å². The summed E-state index contributed by atoms with van der Waals surface area (Å²) >= 11 is 0. The summed E-state index contributed by atoms with van der Waals surface area (Å²) in [6, 6.07) is 12.7. The van der Waals surface area contributed by atoms with Crippen LogP contribution in [-0.4, -0.2) is 39.2 Å². The first-order valence-corrected chi connectivity index (χ1v) is 7.14. The molecule has 3 nitrogen and oxygen atoms in total. The van der Waals surface area contributed by atoms with Gasteiger partial charge in [-0.15, -0.1) is 0 Å². The number of ether oxygens (including phenoxy) is 1. The minimum atomic E-state index is 0.911. The van der Waals surface area contributed by atoms with E-state index in [1.165, 1.54) is 16.3 Å². The summed E-state index contributed by atoms with van der Waals surface area (Å²) in [5.41, 5.74) is 1.28. The Morgan fingerprint density at radius 3 is 2.70 bits per heavy atom. The first kappa shape index (κ1) is 14.8. The summed E-state index contributed by atoms with van der Waals surface area (Å²) in [6.07, 6.45) is 1.15. The summed E-state index contributed by atoms with van der Waals surface area (Å²) in [5, 5.41) is 5.74. The first-order valence-electron chi connectivity index (χ1n) is 7.14. The molecule has 0 saturated carbocycles. The molecule has 0 aromatic heterocycles. The van der Waals surface area contributed by atoms with Gasteiger partial charge in [0.2, 0.25) is 0 Å². The maximum atomic E-state index is 5.54. The van der Waals surface area contributed by atoms with Crippen LogP contribution in [0.15, 0.2) is 36.4 Å². The molecule has 0 unspecified atom stereocenters. The summed E-state index contributed by atoms with van der Waals surface area (Å²) in [7, 11) is 5.90. The molecule has 2 aromatic rings. The maximum Gasteiger partial charge on any atom is 0.123 e. The van der Waals surface area contributed by atoms with Gasteiger partial charge in [-0.05, 0) is 50.4 Å². The van der Waals surface area contributed by atoms with Gasteiger partial charge in [-0.3, -0.25) is 0 Å². The Balaban J connectivity index is 2.22. The Labute approximate surface area is 121 Å². The maximum absolute atomic E-state index is 5.54. The van der Waals surface area contributed by atoms with E-state index in [-0.39, 0.29) is 0 Å². The molecule has 0 aliphatic carbocycles. The van der Waals surface area contributed by atoms with Gasteiger partial charge in [0, 0.05) is 12.1 Å². The van der Waals surface area contributed by atoms with Crippen molar-refractivity contribution < 1.29 is 4.74 Å². The van der Waals surface area contributed by atoms with Gasteiger partial charge in [0.05, 0.1) is 7.11 Å². The Kier molecular flexibility index (Phi) is 5.39. The molecule has 0 saturated heterocycles. The zero-order valence-electron chi connectivity index (χ0n) is 12.6. The van der Waals surface area contributed by atoms with Crippen molar-refractivity contribution >= 4 is 10.8 Å². The highest BCUT2D eigenvalue weighted by atomic mass is 16.5. The molecular formula is C17H24N2O. The van der Waals surface area contributed by atoms with Gasteiger partial charge < -0.3 is 15.0 Å². The minimum Gasteiger partial charge on any atom is -0.496 e. The molecule has 0 aliphatic rings. The monoisotopic (exact) mass is 272 g/mol. The van der Waals surface area contributed by atoms with E-state index in [1.807, 2.05) is 7.05 Å². The van der Waals surface area contributed by atoms with Gasteiger partial charge in [-0.2, -0.15) is 0 Å². The summed E-state index contributed by atoms with van der Waals surface area (Å²) < 4.78 is 5.54. The first-order chi connectivity index (χ1) is 9.76. The van der Waals surface area contributed by atoms with E-state index in [1.54, 1.807) is 7.11 Å². The SMILES string of the molecule is CNCCCN(C)Cc1c(OC)ccc2ccccc12. The van der Waals surface area contributed by atoms with Crippen LogP contribution in [0.5, 0.6) is 5.75 Å². The van der Waals surface area contributed by atoms with Crippen molar-refractivity contribution in [3.8, 4) is 5.75 Å². The predicted molar refractivity (Wildman–Crippen MR) is 85.4 cm³/mol. The van der Waals surface area contributed by atoms with Crippen LogP contribution < -0.4 is 10.1 Å². The van der Waals surface area contributed by atoms with Crippen LogP contribution in [0.4, 0.5) is 0 Å². The van der Waals surface area contributed by atoms with Crippen molar-refractivity contribution in [2.45, 2.75) is 13.0 Å². The molecule has 0 radical (unpaired) electrons. The van der Waals surface area contributed by atoms with Gasteiger partial charge >= 0.3 is 0 Å². The zero-order valence-corrected chi connectivity index (χ0v) is 12.6. The topological polar surface area (TPSA) is 24.5 Å². The Bertz CT molecular complexity index is 554. The number of methoxy groups -OCH3 is 1. The highest BCUT2D eigenvalue weighted by Gasteiger charge is 2.10. The number of fused-ring (bicyclic) bond motifs is 1. The van der Waals surface area contributed by atoms with E-state index in [9.17, 15) is 0 Å². The fourth-order valence-corrected chi connectivity index (χ4v) is 2.55. The lowest BCUT2D eigenvalue weighted by Crippen LogP contribution is -2.22. The van der Waals surface area contributed by atoms with Crippen molar-refractivity contribution in [3.63, 3.8) is 0 Å². The number of rotatable bonds is 7. The number of benzene rings is 2. The van der Waals surface area contributed by atoms with Crippen LogP contribution in [-0.2, 0) is 6.54 Å². The fourth-order valence-electron chi connectivity index (χ4n) is 2.55.